The first-order chi connectivity index (χ1) is 9.04. The molecular weight excluding hydrogens is 244 g/mol. The minimum absolute atomic E-state index is 0.0477. The highest BCUT2D eigenvalue weighted by molar-refractivity contribution is 5.92. The first kappa shape index (κ1) is 13.4. The first-order valence-corrected chi connectivity index (χ1v) is 6.16. The smallest absolute Gasteiger partial charge is 0.238 e. The number of likely N-dealkylation sites (N-methyl/N-ethyl adjacent to an activating group) is 1. The molecule has 0 bridgehead atoms. The fourth-order valence-electron chi connectivity index (χ4n) is 1.91. The van der Waals surface area contributed by atoms with Crippen molar-refractivity contribution in [2.45, 2.75) is 0 Å². The predicted molar refractivity (Wildman–Crippen MR) is 73.6 cm³/mol. The number of carbonyl (C=O) groups excluding carboxylic acids is 2. The van der Waals surface area contributed by atoms with Crippen molar-refractivity contribution < 1.29 is 9.59 Å². The van der Waals surface area contributed by atoms with Crippen molar-refractivity contribution in [3.63, 3.8) is 0 Å². The Bertz CT molecular complexity index is 472. The summed E-state index contributed by atoms with van der Waals surface area (Å²) in [6.07, 6.45) is 0. The number of carbonyl (C=O) groups is 2. The van der Waals surface area contributed by atoms with Crippen molar-refractivity contribution in [3.05, 3.63) is 24.3 Å². The summed E-state index contributed by atoms with van der Waals surface area (Å²) in [5, 5.41) is 2.78. The van der Waals surface area contributed by atoms with Crippen molar-refractivity contribution in [3.8, 4) is 0 Å². The van der Waals surface area contributed by atoms with Gasteiger partial charge in [0.2, 0.25) is 11.8 Å². The lowest BCUT2D eigenvalue weighted by Crippen LogP contribution is -2.50. The zero-order valence-electron chi connectivity index (χ0n) is 10.9. The normalized spacial score (nSPS) is 16.5. The van der Waals surface area contributed by atoms with E-state index in [0.717, 1.165) is 6.54 Å². The van der Waals surface area contributed by atoms with Gasteiger partial charge in [-0.05, 0) is 24.3 Å². The maximum absolute atomic E-state index is 11.8. The van der Waals surface area contributed by atoms with Gasteiger partial charge in [0.25, 0.3) is 0 Å². The second-order valence-corrected chi connectivity index (χ2v) is 4.70. The van der Waals surface area contributed by atoms with Gasteiger partial charge in [-0.1, -0.05) is 0 Å². The summed E-state index contributed by atoms with van der Waals surface area (Å²) in [5.74, 6) is -0.0753. The fourth-order valence-corrected chi connectivity index (χ4v) is 1.91. The van der Waals surface area contributed by atoms with Gasteiger partial charge < -0.3 is 16.0 Å². The van der Waals surface area contributed by atoms with Crippen LogP contribution in [0.4, 0.5) is 11.4 Å². The minimum atomic E-state index is -0.123. The van der Waals surface area contributed by atoms with Gasteiger partial charge >= 0.3 is 0 Å². The molecule has 0 aliphatic carbocycles. The molecule has 1 fully saturated rings. The fraction of sp³-hybridized carbons (Fsp3) is 0.385. The number of piperazine rings is 1. The van der Waals surface area contributed by atoms with Crippen molar-refractivity contribution >= 4 is 23.2 Å². The van der Waals surface area contributed by atoms with E-state index in [1.54, 1.807) is 36.2 Å². The monoisotopic (exact) mass is 262 g/mol. The average Bonchev–Trinajstić information content (AvgIpc) is 2.37. The number of benzene rings is 1. The quantitative estimate of drug-likeness (QED) is 0.750. The highest BCUT2D eigenvalue weighted by atomic mass is 16.2. The number of nitrogens with one attached hydrogen (secondary N) is 1. The van der Waals surface area contributed by atoms with E-state index in [1.165, 1.54) is 0 Å². The lowest BCUT2D eigenvalue weighted by atomic mass is 10.3. The molecule has 102 valence electrons. The lowest BCUT2D eigenvalue weighted by molar-refractivity contribution is -0.135. The van der Waals surface area contributed by atoms with E-state index in [9.17, 15) is 9.59 Å². The SMILES string of the molecule is CN1CCN(CC(=O)Nc2ccc(N)cc2)CC1=O. The van der Waals surface area contributed by atoms with Gasteiger partial charge in [0.1, 0.15) is 0 Å². The molecule has 0 unspecified atom stereocenters. The van der Waals surface area contributed by atoms with Crippen LogP contribution in [-0.2, 0) is 9.59 Å². The summed E-state index contributed by atoms with van der Waals surface area (Å²) in [4.78, 5) is 26.9. The Morgan fingerprint density at radius 2 is 2.00 bits per heavy atom. The molecule has 6 nitrogen and oxygen atoms in total. The first-order valence-electron chi connectivity index (χ1n) is 6.16. The molecule has 3 N–H and O–H groups in total. The van der Waals surface area contributed by atoms with Gasteiger partial charge in [-0.15, -0.1) is 0 Å². The summed E-state index contributed by atoms with van der Waals surface area (Å²) in [6, 6.07) is 6.97. The number of hydrogen-bond acceptors (Lipinski definition) is 4. The number of hydrogen-bond donors (Lipinski definition) is 2. The van der Waals surface area contributed by atoms with Crippen LogP contribution in [0.1, 0.15) is 0 Å². The van der Waals surface area contributed by atoms with E-state index in [0.29, 0.717) is 24.5 Å². The van der Waals surface area contributed by atoms with Crippen LogP contribution in [0.5, 0.6) is 0 Å². The molecule has 0 radical (unpaired) electrons. The van der Waals surface area contributed by atoms with Gasteiger partial charge in [-0.2, -0.15) is 0 Å². The second kappa shape index (κ2) is 5.71. The van der Waals surface area contributed by atoms with Crippen LogP contribution in [0.3, 0.4) is 0 Å². The third kappa shape index (κ3) is 3.69. The molecule has 1 aromatic carbocycles. The maximum Gasteiger partial charge on any atom is 0.238 e. The molecule has 2 amide bonds. The number of nitrogen functional groups attached to an aromatic ring is 1. The maximum atomic E-state index is 11.8. The topological polar surface area (TPSA) is 78.7 Å². The van der Waals surface area contributed by atoms with Crippen LogP contribution in [0.15, 0.2) is 24.3 Å². The molecule has 0 saturated carbocycles. The Morgan fingerprint density at radius 1 is 1.32 bits per heavy atom. The van der Waals surface area contributed by atoms with Crippen LogP contribution in [0, 0.1) is 0 Å². The third-order valence-electron chi connectivity index (χ3n) is 3.10. The van der Waals surface area contributed by atoms with Gasteiger partial charge in [0.05, 0.1) is 13.1 Å². The largest absolute Gasteiger partial charge is 0.399 e. The van der Waals surface area contributed by atoms with Gasteiger partial charge in [-0.25, -0.2) is 0 Å². The summed E-state index contributed by atoms with van der Waals surface area (Å²) in [5.41, 5.74) is 6.94. The molecule has 0 atom stereocenters. The van der Waals surface area contributed by atoms with Crippen LogP contribution in [-0.4, -0.2) is 54.8 Å². The summed E-state index contributed by atoms with van der Waals surface area (Å²) >= 11 is 0. The van der Waals surface area contributed by atoms with Crippen molar-refractivity contribution in [2.24, 2.45) is 0 Å². The number of anilines is 2. The van der Waals surface area contributed by atoms with E-state index < -0.39 is 0 Å². The predicted octanol–water partition coefficient (Wildman–Crippen LogP) is -0.0187. The molecule has 2 rings (SSSR count). The number of nitrogens with two attached hydrogens (primary N) is 1. The van der Waals surface area contributed by atoms with E-state index in [2.05, 4.69) is 5.32 Å². The summed E-state index contributed by atoms with van der Waals surface area (Å²) < 4.78 is 0. The van der Waals surface area contributed by atoms with Gasteiger partial charge in [0, 0.05) is 31.5 Å². The van der Waals surface area contributed by atoms with E-state index in [-0.39, 0.29) is 18.4 Å². The Balaban J connectivity index is 1.84. The molecule has 1 aliphatic heterocycles. The second-order valence-electron chi connectivity index (χ2n) is 4.70. The highest BCUT2D eigenvalue weighted by Gasteiger charge is 2.22. The molecular formula is C13H18N4O2. The number of amides is 2. The van der Waals surface area contributed by atoms with Crippen molar-refractivity contribution in [1.29, 1.82) is 0 Å². The third-order valence-corrected chi connectivity index (χ3v) is 3.10. The lowest BCUT2D eigenvalue weighted by Gasteiger charge is -2.31. The standard InChI is InChI=1S/C13H18N4O2/c1-16-6-7-17(9-13(16)19)8-12(18)15-11-4-2-10(14)3-5-11/h2-5H,6-9,14H2,1H3,(H,15,18). The molecule has 1 aromatic rings. The Labute approximate surface area is 112 Å². The molecule has 1 saturated heterocycles. The summed E-state index contributed by atoms with van der Waals surface area (Å²) in [7, 11) is 1.77. The average molecular weight is 262 g/mol. The van der Waals surface area contributed by atoms with Gasteiger partial charge in [-0.3, -0.25) is 14.5 Å². The van der Waals surface area contributed by atoms with Crippen LogP contribution in [0.25, 0.3) is 0 Å². The minimum Gasteiger partial charge on any atom is -0.399 e. The Hall–Kier alpha value is -2.08. The Morgan fingerprint density at radius 3 is 2.63 bits per heavy atom. The van der Waals surface area contributed by atoms with Crippen LogP contribution >= 0.6 is 0 Å². The molecule has 1 heterocycles. The molecule has 6 heteroatoms. The molecule has 19 heavy (non-hydrogen) atoms. The Kier molecular flexibility index (Phi) is 4.01. The highest BCUT2D eigenvalue weighted by Crippen LogP contribution is 2.10. The van der Waals surface area contributed by atoms with Crippen molar-refractivity contribution in [1.82, 2.24) is 9.80 Å². The van der Waals surface area contributed by atoms with Crippen molar-refractivity contribution in [2.75, 3.05) is 44.3 Å². The number of rotatable bonds is 3. The number of nitrogens with zero attached hydrogens (tertiary/aromatic N) is 2. The van der Waals surface area contributed by atoms with E-state index in [4.69, 9.17) is 5.73 Å². The van der Waals surface area contributed by atoms with Gasteiger partial charge in [0.15, 0.2) is 0 Å². The van der Waals surface area contributed by atoms with E-state index in [1.807, 2.05) is 4.90 Å². The molecule has 0 aromatic heterocycles. The molecule has 0 spiro atoms. The molecule has 1 aliphatic rings. The van der Waals surface area contributed by atoms with Crippen LogP contribution < -0.4 is 11.1 Å². The van der Waals surface area contributed by atoms with E-state index >= 15 is 0 Å². The zero-order chi connectivity index (χ0) is 13.8. The zero-order valence-corrected chi connectivity index (χ0v) is 10.9. The van der Waals surface area contributed by atoms with Crippen LogP contribution in [0.2, 0.25) is 0 Å². The summed E-state index contributed by atoms with van der Waals surface area (Å²) in [6.45, 7) is 1.90.